The number of hydrogen-bond acceptors (Lipinski definition) is 3. The number of nitrogens with one attached hydrogen (secondary N) is 2. The van der Waals surface area contributed by atoms with Gasteiger partial charge in [-0.15, -0.1) is 0 Å². The van der Waals surface area contributed by atoms with Gasteiger partial charge in [0.15, 0.2) is 0 Å². The van der Waals surface area contributed by atoms with Crippen LogP contribution >= 0.6 is 0 Å². The molecule has 0 aliphatic heterocycles. The van der Waals surface area contributed by atoms with E-state index in [0.717, 1.165) is 5.52 Å². The molecule has 0 spiro atoms. The quantitative estimate of drug-likeness (QED) is 0.629. The molecule has 1 aromatic heterocycles. The number of methoxy groups -OCH3 is 1. The van der Waals surface area contributed by atoms with Gasteiger partial charge in [0.05, 0.1) is 18.8 Å². The monoisotopic (exact) mass is 310 g/mol. The Morgan fingerprint density at radius 1 is 1.09 bits per heavy atom. The Kier molecular flexibility index (Phi) is 5.08. The average Bonchev–Trinajstić information content (AvgIpc) is 3.05. The molecule has 1 heterocycles. The highest BCUT2D eigenvalue weighted by Gasteiger charge is 2.17. The second-order valence-corrected chi connectivity index (χ2v) is 5.65. The number of aliphatic hydroxyl groups is 1. The van der Waals surface area contributed by atoms with Crippen LogP contribution in [-0.4, -0.2) is 36.5 Å². The summed E-state index contributed by atoms with van der Waals surface area (Å²) in [6.45, 7) is 0.789. The van der Waals surface area contributed by atoms with E-state index in [1.807, 2.05) is 24.4 Å². The van der Waals surface area contributed by atoms with Gasteiger partial charge in [0.1, 0.15) is 0 Å². The summed E-state index contributed by atoms with van der Waals surface area (Å²) < 4.78 is 5.01. The first-order valence-corrected chi connectivity index (χ1v) is 7.81. The van der Waals surface area contributed by atoms with E-state index in [1.54, 1.807) is 7.11 Å². The summed E-state index contributed by atoms with van der Waals surface area (Å²) in [5.74, 6) is 0. The van der Waals surface area contributed by atoms with Gasteiger partial charge in [-0.1, -0.05) is 42.5 Å². The molecule has 0 radical (unpaired) electrons. The van der Waals surface area contributed by atoms with Crippen LogP contribution in [0.3, 0.4) is 0 Å². The molecule has 4 heteroatoms. The summed E-state index contributed by atoms with van der Waals surface area (Å²) in [5, 5.41) is 14.6. The second kappa shape index (κ2) is 7.42. The lowest BCUT2D eigenvalue weighted by molar-refractivity contribution is 0.0635. The lowest BCUT2D eigenvalue weighted by atomic mass is 9.95. The summed E-state index contributed by atoms with van der Waals surface area (Å²) in [6, 6.07) is 18.6. The summed E-state index contributed by atoms with van der Waals surface area (Å²) in [6.07, 6.45) is 1.42. The highest BCUT2D eigenvalue weighted by molar-refractivity contribution is 5.83. The van der Waals surface area contributed by atoms with E-state index in [1.165, 1.54) is 16.5 Å². The molecule has 2 unspecified atom stereocenters. The molecule has 2 aromatic carbocycles. The molecule has 3 aromatic rings. The fourth-order valence-corrected chi connectivity index (χ4v) is 2.92. The van der Waals surface area contributed by atoms with Crippen LogP contribution in [0.4, 0.5) is 0 Å². The molecule has 0 saturated carbocycles. The number of fused-ring (bicyclic) bond motifs is 1. The standard InChI is InChI=1S/C19H22N2O2/c1-23-13-15(22)12-21-19(14-6-3-2-4-7-14)17-8-5-9-18-16(17)10-11-20-18/h2-11,15,19-22H,12-13H2,1H3. The zero-order valence-corrected chi connectivity index (χ0v) is 13.2. The van der Waals surface area contributed by atoms with Gasteiger partial charge in [0.2, 0.25) is 0 Å². The zero-order valence-electron chi connectivity index (χ0n) is 13.2. The van der Waals surface area contributed by atoms with Crippen LogP contribution in [0.2, 0.25) is 0 Å². The fourth-order valence-electron chi connectivity index (χ4n) is 2.92. The van der Waals surface area contributed by atoms with Crippen molar-refractivity contribution in [3.05, 3.63) is 71.9 Å². The maximum absolute atomic E-state index is 9.97. The van der Waals surface area contributed by atoms with Crippen LogP contribution in [0.1, 0.15) is 17.2 Å². The summed E-state index contributed by atoms with van der Waals surface area (Å²) in [5.41, 5.74) is 3.48. The lowest BCUT2D eigenvalue weighted by Gasteiger charge is -2.22. The third kappa shape index (κ3) is 3.62. The molecule has 0 bridgehead atoms. The van der Waals surface area contributed by atoms with Crippen LogP contribution in [-0.2, 0) is 4.74 Å². The van der Waals surface area contributed by atoms with Crippen molar-refractivity contribution in [2.45, 2.75) is 12.1 Å². The smallest absolute Gasteiger partial charge is 0.0897 e. The minimum atomic E-state index is -0.531. The van der Waals surface area contributed by atoms with E-state index >= 15 is 0 Å². The van der Waals surface area contributed by atoms with E-state index < -0.39 is 6.10 Å². The van der Waals surface area contributed by atoms with Gasteiger partial charge in [-0.3, -0.25) is 0 Å². The number of ether oxygens (including phenoxy) is 1. The van der Waals surface area contributed by atoms with Crippen molar-refractivity contribution in [1.29, 1.82) is 0 Å². The highest BCUT2D eigenvalue weighted by Crippen LogP contribution is 2.28. The lowest BCUT2D eigenvalue weighted by Crippen LogP contribution is -2.33. The Balaban J connectivity index is 1.93. The van der Waals surface area contributed by atoms with Gasteiger partial charge in [-0.25, -0.2) is 0 Å². The van der Waals surface area contributed by atoms with Crippen LogP contribution < -0.4 is 5.32 Å². The third-order valence-corrected chi connectivity index (χ3v) is 3.99. The van der Waals surface area contributed by atoms with Gasteiger partial charge in [-0.2, -0.15) is 0 Å². The van der Waals surface area contributed by atoms with Gasteiger partial charge in [0.25, 0.3) is 0 Å². The molecule has 23 heavy (non-hydrogen) atoms. The topological polar surface area (TPSA) is 57.3 Å². The van der Waals surface area contributed by atoms with Crippen molar-refractivity contribution in [2.75, 3.05) is 20.3 Å². The first-order valence-electron chi connectivity index (χ1n) is 7.81. The van der Waals surface area contributed by atoms with Crippen molar-refractivity contribution < 1.29 is 9.84 Å². The van der Waals surface area contributed by atoms with Crippen molar-refractivity contribution >= 4 is 10.9 Å². The SMILES string of the molecule is COCC(O)CNC(c1ccccc1)c1cccc2[nH]ccc12. The first-order chi connectivity index (χ1) is 11.3. The Hall–Kier alpha value is -2.14. The van der Waals surface area contributed by atoms with Crippen molar-refractivity contribution in [3.8, 4) is 0 Å². The molecule has 4 nitrogen and oxygen atoms in total. The number of H-pyrrole nitrogens is 1. The van der Waals surface area contributed by atoms with E-state index in [4.69, 9.17) is 4.74 Å². The van der Waals surface area contributed by atoms with Crippen molar-refractivity contribution in [1.82, 2.24) is 10.3 Å². The van der Waals surface area contributed by atoms with Crippen LogP contribution in [0, 0.1) is 0 Å². The highest BCUT2D eigenvalue weighted by atomic mass is 16.5. The minimum Gasteiger partial charge on any atom is -0.389 e. The number of aromatic nitrogens is 1. The van der Waals surface area contributed by atoms with Gasteiger partial charge in [-0.05, 0) is 23.3 Å². The summed E-state index contributed by atoms with van der Waals surface area (Å²) >= 11 is 0. The molecule has 0 amide bonds. The van der Waals surface area contributed by atoms with Crippen molar-refractivity contribution in [3.63, 3.8) is 0 Å². The number of aliphatic hydroxyl groups excluding tert-OH is 1. The normalized spacial score (nSPS) is 14.0. The molecular weight excluding hydrogens is 288 g/mol. The van der Waals surface area contributed by atoms with Crippen LogP contribution in [0.5, 0.6) is 0 Å². The Morgan fingerprint density at radius 3 is 2.70 bits per heavy atom. The molecule has 3 rings (SSSR count). The second-order valence-electron chi connectivity index (χ2n) is 5.65. The molecular formula is C19H22N2O2. The maximum atomic E-state index is 9.97. The molecule has 0 saturated heterocycles. The molecule has 0 aliphatic rings. The molecule has 2 atom stereocenters. The largest absolute Gasteiger partial charge is 0.389 e. The molecule has 0 aliphatic carbocycles. The van der Waals surface area contributed by atoms with E-state index in [2.05, 4.69) is 46.7 Å². The molecule has 3 N–H and O–H groups in total. The third-order valence-electron chi connectivity index (χ3n) is 3.99. The minimum absolute atomic E-state index is 0.0159. The van der Waals surface area contributed by atoms with Gasteiger partial charge >= 0.3 is 0 Å². The summed E-state index contributed by atoms with van der Waals surface area (Å²) in [7, 11) is 1.60. The molecule has 0 fully saturated rings. The van der Waals surface area contributed by atoms with E-state index in [0.29, 0.717) is 13.2 Å². The average molecular weight is 310 g/mol. The number of benzene rings is 2. The van der Waals surface area contributed by atoms with E-state index in [9.17, 15) is 5.11 Å². The first kappa shape index (κ1) is 15.7. The molecule has 120 valence electrons. The predicted molar refractivity (Wildman–Crippen MR) is 92.5 cm³/mol. The maximum Gasteiger partial charge on any atom is 0.0897 e. The summed E-state index contributed by atoms with van der Waals surface area (Å²) in [4.78, 5) is 3.25. The zero-order chi connectivity index (χ0) is 16.1. The van der Waals surface area contributed by atoms with Crippen LogP contribution in [0.15, 0.2) is 60.8 Å². The van der Waals surface area contributed by atoms with Crippen molar-refractivity contribution in [2.24, 2.45) is 0 Å². The van der Waals surface area contributed by atoms with E-state index in [-0.39, 0.29) is 6.04 Å². The van der Waals surface area contributed by atoms with Gasteiger partial charge in [0, 0.05) is 30.8 Å². The van der Waals surface area contributed by atoms with Gasteiger partial charge < -0.3 is 20.1 Å². The Bertz CT molecular complexity index is 739. The Morgan fingerprint density at radius 2 is 1.91 bits per heavy atom. The number of hydrogen-bond donors (Lipinski definition) is 3. The van der Waals surface area contributed by atoms with Crippen LogP contribution in [0.25, 0.3) is 10.9 Å². The fraction of sp³-hybridized carbons (Fsp3) is 0.263. The number of aromatic amines is 1. The number of rotatable bonds is 7. The predicted octanol–water partition coefficient (Wildman–Crippen LogP) is 2.85. The Labute approximate surface area is 136 Å².